The summed E-state index contributed by atoms with van der Waals surface area (Å²) in [5.74, 6) is -0.175. The molecule has 0 spiro atoms. The number of carbonyl (C=O) groups is 2. The molecule has 0 saturated carbocycles. The summed E-state index contributed by atoms with van der Waals surface area (Å²) in [6.45, 7) is 1.42. The van der Waals surface area contributed by atoms with E-state index in [1.54, 1.807) is 24.7 Å². The average molecular weight is 415 g/mol. The maximum atomic E-state index is 12.9. The number of nitrogens with one attached hydrogen (secondary N) is 1. The molecule has 0 aliphatic heterocycles. The number of hydrogen-bond donors (Lipinski definition) is 1. The molecular weight excluding hydrogens is 394 g/mol. The molecule has 0 aliphatic rings. The smallest absolute Gasteiger partial charge is 0.295 e. The zero-order valence-electron chi connectivity index (χ0n) is 17.2. The largest absolute Gasteiger partial charge is 0.483 e. The first kappa shape index (κ1) is 20.2. The van der Waals surface area contributed by atoms with Crippen molar-refractivity contribution in [2.24, 2.45) is 7.05 Å². The second-order valence-electron chi connectivity index (χ2n) is 7.09. The monoisotopic (exact) mass is 415 g/mol. The number of para-hydroxylation sites is 1. The molecule has 0 fully saturated rings. The number of anilines is 1. The highest BCUT2D eigenvalue weighted by Crippen LogP contribution is 2.26. The number of fused-ring (bicyclic) bond motifs is 1. The van der Waals surface area contributed by atoms with E-state index in [-0.39, 0.29) is 17.9 Å². The van der Waals surface area contributed by atoms with Gasteiger partial charge in [-0.05, 0) is 35.9 Å². The van der Waals surface area contributed by atoms with Crippen molar-refractivity contribution in [3.05, 3.63) is 88.3 Å². The zero-order chi connectivity index (χ0) is 22.0. The van der Waals surface area contributed by atoms with Crippen LogP contribution in [0.2, 0.25) is 0 Å². The van der Waals surface area contributed by atoms with E-state index in [1.165, 1.54) is 4.68 Å². The number of rotatable bonds is 6. The van der Waals surface area contributed by atoms with Crippen LogP contribution in [0.3, 0.4) is 0 Å². The summed E-state index contributed by atoms with van der Waals surface area (Å²) >= 11 is 0. The fraction of sp³-hybridized carbons (Fsp3) is 0.125. The van der Waals surface area contributed by atoms with Crippen LogP contribution < -0.4 is 15.6 Å². The summed E-state index contributed by atoms with van der Waals surface area (Å²) in [5, 5.41) is 4.30. The van der Waals surface area contributed by atoms with Gasteiger partial charge >= 0.3 is 0 Å². The zero-order valence-corrected chi connectivity index (χ0v) is 17.2. The van der Waals surface area contributed by atoms with Crippen LogP contribution in [0.4, 0.5) is 5.69 Å². The lowest BCUT2D eigenvalue weighted by Crippen LogP contribution is -2.25. The lowest BCUT2D eigenvalue weighted by Gasteiger charge is -2.10. The van der Waals surface area contributed by atoms with Crippen molar-refractivity contribution < 1.29 is 14.3 Å². The molecule has 7 heteroatoms. The van der Waals surface area contributed by atoms with E-state index in [0.717, 1.165) is 17.1 Å². The maximum absolute atomic E-state index is 12.9. The van der Waals surface area contributed by atoms with Crippen molar-refractivity contribution in [2.45, 2.75) is 6.92 Å². The van der Waals surface area contributed by atoms with Crippen molar-refractivity contribution in [3.63, 3.8) is 0 Å². The minimum atomic E-state index is -0.490. The van der Waals surface area contributed by atoms with Gasteiger partial charge in [-0.25, -0.2) is 4.68 Å². The lowest BCUT2D eigenvalue weighted by atomic mass is 10.0. The topological polar surface area (TPSA) is 82.3 Å². The van der Waals surface area contributed by atoms with Crippen LogP contribution in [0.25, 0.3) is 16.5 Å². The third kappa shape index (κ3) is 3.73. The van der Waals surface area contributed by atoms with Gasteiger partial charge in [0.25, 0.3) is 11.5 Å². The van der Waals surface area contributed by atoms with Crippen molar-refractivity contribution in [1.29, 1.82) is 0 Å². The molecule has 0 bridgehead atoms. The Morgan fingerprint density at radius 2 is 1.74 bits per heavy atom. The van der Waals surface area contributed by atoms with E-state index in [4.69, 9.17) is 4.74 Å². The second kappa shape index (κ2) is 8.31. The molecule has 0 saturated heterocycles. The molecule has 1 amide bonds. The van der Waals surface area contributed by atoms with Gasteiger partial charge in [-0.15, -0.1) is 0 Å². The number of hydrogen-bond acceptors (Lipinski definition) is 4. The third-order valence-electron chi connectivity index (χ3n) is 5.23. The number of aromatic nitrogens is 2. The van der Waals surface area contributed by atoms with Crippen LogP contribution in [0.1, 0.15) is 16.1 Å². The quantitative estimate of drug-likeness (QED) is 0.489. The Morgan fingerprint density at radius 3 is 2.48 bits per heavy atom. The Morgan fingerprint density at radius 1 is 1.03 bits per heavy atom. The Labute approximate surface area is 178 Å². The first-order chi connectivity index (χ1) is 15.0. The van der Waals surface area contributed by atoms with E-state index in [1.807, 2.05) is 60.7 Å². The molecule has 31 heavy (non-hydrogen) atoms. The van der Waals surface area contributed by atoms with Crippen LogP contribution >= 0.6 is 0 Å². The van der Waals surface area contributed by atoms with Gasteiger partial charge in [-0.3, -0.25) is 19.1 Å². The summed E-state index contributed by atoms with van der Waals surface area (Å²) < 4.78 is 8.78. The van der Waals surface area contributed by atoms with Gasteiger partial charge in [0.1, 0.15) is 11.4 Å². The van der Waals surface area contributed by atoms with Crippen LogP contribution in [-0.4, -0.2) is 28.2 Å². The van der Waals surface area contributed by atoms with Gasteiger partial charge in [-0.2, -0.15) is 0 Å². The first-order valence-electron chi connectivity index (χ1n) is 9.75. The summed E-state index contributed by atoms with van der Waals surface area (Å²) in [7, 11) is 1.75. The number of aldehydes is 1. The van der Waals surface area contributed by atoms with E-state index >= 15 is 0 Å². The SMILES string of the molecule is Cc1c(NC(=O)COc2ccc3ccccc3c2C=O)c(=O)n(-c2ccccc2)n1C. The van der Waals surface area contributed by atoms with Crippen LogP contribution in [0.15, 0.2) is 71.5 Å². The molecule has 3 aromatic carbocycles. The highest BCUT2D eigenvalue weighted by molar-refractivity contribution is 6.01. The molecule has 4 aromatic rings. The highest BCUT2D eigenvalue weighted by atomic mass is 16.5. The van der Waals surface area contributed by atoms with Gasteiger partial charge in [0, 0.05) is 7.05 Å². The Hall–Kier alpha value is -4.13. The van der Waals surface area contributed by atoms with E-state index < -0.39 is 5.91 Å². The summed E-state index contributed by atoms with van der Waals surface area (Å²) in [6, 6.07) is 20.1. The molecule has 7 nitrogen and oxygen atoms in total. The molecule has 0 atom stereocenters. The molecule has 4 rings (SSSR count). The van der Waals surface area contributed by atoms with Crippen molar-refractivity contribution >= 4 is 28.7 Å². The van der Waals surface area contributed by atoms with Crippen LogP contribution in [0, 0.1) is 6.92 Å². The molecular formula is C24H21N3O4. The molecule has 0 unspecified atom stereocenters. The molecule has 156 valence electrons. The molecule has 1 aromatic heterocycles. The van der Waals surface area contributed by atoms with Crippen LogP contribution in [0.5, 0.6) is 5.75 Å². The van der Waals surface area contributed by atoms with E-state index in [0.29, 0.717) is 22.7 Å². The summed E-state index contributed by atoms with van der Waals surface area (Å²) in [4.78, 5) is 37.1. The standard InChI is InChI=1S/C24H21N3O4/c1-16-23(24(30)27(26(16)2)18-9-4-3-5-10-18)25-22(29)15-31-21-13-12-17-8-6-7-11-19(17)20(21)14-28/h3-14H,15H2,1-2H3,(H,25,29). The normalized spacial score (nSPS) is 10.8. The predicted octanol–water partition coefficient (Wildman–Crippen LogP) is 3.47. The minimum absolute atomic E-state index is 0.189. The van der Waals surface area contributed by atoms with Crippen molar-refractivity contribution in [2.75, 3.05) is 11.9 Å². The van der Waals surface area contributed by atoms with Gasteiger partial charge in [0.05, 0.1) is 16.9 Å². The molecule has 1 N–H and O–H groups in total. The van der Waals surface area contributed by atoms with E-state index in [9.17, 15) is 14.4 Å². The van der Waals surface area contributed by atoms with Gasteiger partial charge in [0.15, 0.2) is 12.9 Å². The third-order valence-corrected chi connectivity index (χ3v) is 5.23. The van der Waals surface area contributed by atoms with Gasteiger partial charge in [0.2, 0.25) is 0 Å². The average Bonchev–Trinajstić information content (AvgIpc) is 3.00. The molecule has 0 radical (unpaired) electrons. The Balaban J connectivity index is 1.55. The number of amides is 1. The fourth-order valence-corrected chi connectivity index (χ4v) is 3.55. The number of carbonyl (C=O) groups excluding carboxylic acids is 2. The fourth-order valence-electron chi connectivity index (χ4n) is 3.55. The maximum Gasteiger partial charge on any atom is 0.295 e. The Kier molecular flexibility index (Phi) is 5.41. The van der Waals surface area contributed by atoms with Gasteiger partial charge in [-0.1, -0.05) is 48.5 Å². The number of benzene rings is 3. The summed E-state index contributed by atoms with van der Waals surface area (Å²) in [6.07, 6.45) is 0.718. The molecule has 0 aliphatic carbocycles. The summed E-state index contributed by atoms with van der Waals surface area (Å²) in [5.41, 5.74) is 1.55. The predicted molar refractivity (Wildman–Crippen MR) is 119 cm³/mol. The van der Waals surface area contributed by atoms with Crippen LogP contribution in [-0.2, 0) is 11.8 Å². The second-order valence-corrected chi connectivity index (χ2v) is 7.09. The van der Waals surface area contributed by atoms with E-state index in [2.05, 4.69) is 5.32 Å². The molecule has 1 heterocycles. The number of nitrogens with zero attached hydrogens (tertiary/aromatic N) is 2. The van der Waals surface area contributed by atoms with Crippen molar-refractivity contribution in [1.82, 2.24) is 9.36 Å². The van der Waals surface area contributed by atoms with Crippen molar-refractivity contribution in [3.8, 4) is 11.4 Å². The first-order valence-corrected chi connectivity index (χ1v) is 9.75. The number of ether oxygens (including phenoxy) is 1. The highest BCUT2D eigenvalue weighted by Gasteiger charge is 2.18. The minimum Gasteiger partial charge on any atom is -0.483 e. The lowest BCUT2D eigenvalue weighted by molar-refractivity contribution is -0.118. The Bertz CT molecular complexity index is 1340. The van der Waals surface area contributed by atoms with Gasteiger partial charge < -0.3 is 10.1 Å².